The predicted molar refractivity (Wildman–Crippen MR) is 409 cm³/mol. The molecule has 5 rings (SSSR count). The van der Waals surface area contributed by atoms with Crippen LogP contribution in [0.3, 0.4) is 0 Å². The average Bonchev–Trinajstić information content (AvgIpc) is 0.809. The number of esters is 4. The third-order valence-corrected chi connectivity index (χ3v) is 18.5. The monoisotopic (exact) mass is 1400 g/mol. The van der Waals surface area contributed by atoms with Gasteiger partial charge in [0, 0.05) is 36.8 Å². The zero-order valence-electron chi connectivity index (χ0n) is 67.7. The lowest BCUT2D eigenvalue weighted by Gasteiger charge is -2.32. The number of aromatic hydroxyl groups is 6. The van der Waals surface area contributed by atoms with E-state index in [1.807, 2.05) is 256 Å². The Morgan fingerprint density at radius 1 is 0.238 bits per heavy atom. The van der Waals surface area contributed by atoms with Gasteiger partial charge < -0.3 is 49.6 Å². The first-order chi connectivity index (χ1) is 45.5. The molecule has 0 unspecified atom stereocenters. The Hall–Kier alpha value is -7.22. The number of phenols is 6. The van der Waals surface area contributed by atoms with E-state index in [1.165, 1.54) is 0 Å². The fraction of sp³-hybridized carbons (Fsp3) is 0.609. The molecule has 0 amide bonds. The van der Waals surface area contributed by atoms with E-state index >= 15 is 0 Å². The maximum atomic E-state index is 14.1. The lowest BCUT2D eigenvalue weighted by Crippen LogP contribution is -2.44. The first-order valence-corrected chi connectivity index (χ1v) is 36.1. The zero-order valence-corrected chi connectivity index (χ0v) is 67.7. The summed E-state index contributed by atoms with van der Waals surface area (Å²) in [6.45, 7) is 58.8. The lowest BCUT2D eigenvalue weighted by molar-refractivity contribution is -0.170. The van der Waals surface area contributed by atoms with E-state index in [0.29, 0.717) is 0 Å². The molecule has 0 aliphatic heterocycles. The minimum Gasteiger partial charge on any atom is -0.508 e. The van der Waals surface area contributed by atoms with Gasteiger partial charge >= 0.3 is 23.9 Å². The van der Waals surface area contributed by atoms with Crippen molar-refractivity contribution in [1.82, 2.24) is 0 Å². The van der Waals surface area contributed by atoms with Crippen molar-refractivity contribution < 1.29 is 68.8 Å². The predicted octanol–water partition coefficient (Wildman–Crippen LogP) is 19.6. The second-order valence-electron chi connectivity index (χ2n) is 38.7. The maximum absolute atomic E-state index is 14.1. The molecule has 0 fully saturated rings. The highest BCUT2D eigenvalue weighted by atomic mass is 16.6. The Bertz CT molecular complexity index is 3140. The minimum atomic E-state index is -1.58. The van der Waals surface area contributed by atoms with Gasteiger partial charge in [-0.25, -0.2) is 0 Å². The topological polar surface area (TPSA) is 227 Å². The van der Waals surface area contributed by atoms with E-state index in [0.717, 1.165) is 77.9 Å². The Morgan fingerprint density at radius 2 is 0.376 bits per heavy atom. The van der Waals surface area contributed by atoms with Crippen molar-refractivity contribution in [2.45, 2.75) is 313 Å². The lowest BCUT2D eigenvalue weighted by atomic mass is 9.78. The number of hydrogen-bond donors (Lipinski definition) is 6. The molecule has 101 heavy (non-hydrogen) atoms. The van der Waals surface area contributed by atoms with E-state index in [2.05, 4.69) is 0 Å². The summed E-state index contributed by atoms with van der Waals surface area (Å²) in [6.07, 6.45) is 0.854. The third kappa shape index (κ3) is 24.5. The highest BCUT2D eigenvalue weighted by Gasteiger charge is 2.39. The molecule has 0 atom stereocenters. The van der Waals surface area contributed by atoms with Gasteiger partial charge in [-0.3, -0.25) is 19.2 Å². The van der Waals surface area contributed by atoms with Crippen LogP contribution in [-0.2, 0) is 118 Å². The van der Waals surface area contributed by atoms with Gasteiger partial charge in [-0.1, -0.05) is 256 Å². The van der Waals surface area contributed by atoms with Gasteiger partial charge in [-0.15, -0.1) is 0 Å². The van der Waals surface area contributed by atoms with Crippen LogP contribution in [0, 0.1) is 5.41 Å². The quantitative estimate of drug-likeness (QED) is 0.0242. The zero-order chi connectivity index (χ0) is 77.7. The molecule has 0 bridgehead atoms. The molecule has 0 radical (unpaired) electrons. The normalized spacial score (nSPS) is 13.1. The standard InChI is InChI=1S/C73H108O12.C14H22O2/c1-65(2,3)49-33-45(34-50(61(49)78)66(4,5)6)25-29-57(74)82-41-73(42-83-58(75)30-26-46-35-51(67(7,8)9)62(79)52(36-46)68(10,11)12,43-84-59(76)31-27-47-37-53(69(13,14)15)63(80)54(38-47)70(16,17)18)44-85-60(77)32-28-48-39-55(71(19,20)21)64(81)56(40-48)72(22,23)24;1-13(2,3)9-7-12(16)10(8-11(9)15)14(4,5)6/h33-40,78-81H,25-32,41-44H2,1-24H3;7-8,15-16H,1-6H3. The van der Waals surface area contributed by atoms with E-state index in [1.54, 1.807) is 12.1 Å². The number of benzene rings is 5. The second kappa shape index (κ2) is 31.8. The van der Waals surface area contributed by atoms with Gasteiger partial charge in [-0.2, -0.15) is 0 Å². The second-order valence-corrected chi connectivity index (χ2v) is 38.7. The SMILES string of the molecule is CC(C)(C)c1cc(CCC(=O)OCC(COC(=O)CCc2cc(C(C)(C)C)c(O)c(C(C)(C)C)c2)(COC(=O)CCc2cc(C(C)(C)C)c(O)c(C(C)(C)C)c2)COC(=O)CCc2cc(C(C)(C)C)c(O)c(C(C)(C)C)c2)cc(C(C)(C)C)c1O.CC(C)(C)c1cc(O)c(C(C)(C)C)cc1O. The summed E-state index contributed by atoms with van der Waals surface area (Å²) in [5, 5.41) is 65.7. The molecule has 0 heterocycles. The summed E-state index contributed by atoms with van der Waals surface area (Å²) in [5.74, 6) is -0.971. The van der Waals surface area contributed by atoms with Gasteiger partial charge in [-0.05, 0) is 159 Å². The number of carbonyl (C=O) groups excluding carboxylic acids is 4. The van der Waals surface area contributed by atoms with Crippen LogP contribution in [0.5, 0.6) is 34.5 Å². The first kappa shape index (κ1) is 86.2. The first-order valence-electron chi connectivity index (χ1n) is 36.1. The van der Waals surface area contributed by atoms with Gasteiger partial charge in [0.05, 0.1) is 0 Å². The van der Waals surface area contributed by atoms with Crippen LogP contribution in [-0.4, -0.2) is 80.9 Å². The molecular weight excluding hydrogens is 1270 g/mol. The van der Waals surface area contributed by atoms with Crippen LogP contribution in [0.4, 0.5) is 0 Å². The number of rotatable bonds is 20. The van der Waals surface area contributed by atoms with E-state index < -0.39 is 99.0 Å². The molecule has 14 heteroatoms. The van der Waals surface area contributed by atoms with Crippen LogP contribution in [0.1, 0.15) is 311 Å². The molecule has 5 aromatic rings. The van der Waals surface area contributed by atoms with Crippen molar-refractivity contribution in [1.29, 1.82) is 0 Å². The van der Waals surface area contributed by atoms with E-state index in [4.69, 9.17) is 18.9 Å². The van der Waals surface area contributed by atoms with Crippen LogP contribution in [0.25, 0.3) is 0 Å². The summed E-state index contributed by atoms with van der Waals surface area (Å²) in [6, 6.07) is 18.7. The summed E-state index contributed by atoms with van der Waals surface area (Å²) in [5.41, 5.74) is 5.84. The molecule has 0 saturated carbocycles. The molecule has 562 valence electrons. The molecule has 0 saturated heterocycles. The molecule has 0 aliphatic rings. The van der Waals surface area contributed by atoms with E-state index in [-0.39, 0.29) is 96.7 Å². The smallest absolute Gasteiger partial charge is 0.306 e. The van der Waals surface area contributed by atoms with Crippen LogP contribution in [0.2, 0.25) is 0 Å². The average molecular weight is 1400 g/mol. The number of aryl methyl sites for hydroxylation is 4. The number of phenolic OH excluding ortho intramolecular Hbond substituents is 6. The maximum Gasteiger partial charge on any atom is 0.306 e. The van der Waals surface area contributed by atoms with Gasteiger partial charge in [0.25, 0.3) is 0 Å². The Morgan fingerprint density at radius 3 is 0.505 bits per heavy atom. The fourth-order valence-electron chi connectivity index (χ4n) is 12.2. The van der Waals surface area contributed by atoms with Gasteiger partial charge in [0.2, 0.25) is 0 Å². The van der Waals surface area contributed by atoms with Crippen molar-refractivity contribution in [3.63, 3.8) is 0 Å². The summed E-state index contributed by atoms with van der Waals surface area (Å²) in [4.78, 5) is 56.4. The minimum absolute atomic E-state index is 0.0629. The van der Waals surface area contributed by atoms with Crippen LogP contribution < -0.4 is 0 Å². The molecule has 0 aliphatic carbocycles. The number of carbonyl (C=O) groups is 4. The molecule has 5 aromatic carbocycles. The van der Waals surface area contributed by atoms with Crippen molar-refractivity contribution in [2.24, 2.45) is 5.41 Å². The molecule has 6 N–H and O–H groups in total. The van der Waals surface area contributed by atoms with Crippen molar-refractivity contribution in [3.8, 4) is 34.5 Å². The van der Waals surface area contributed by atoms with E-state index in [9.17, 15) is 49.8 Å². The van der Waals surface area contributed by atoms with Crippen molar-refractivity contribution in [2.75, 3.05) is 26.4 Å². The highest BCUT2D eigenvalue weighted by Crippen LogP contribution is 2.46. The molecule has 0 spiro atoms. The Kier molecular flexibility index (Phi) is 27.1. The summed E-state index contributed by atoms with van der Waals surface area (Å²) < 4.78 is 24.4. The molecule has 0 aromatic heterocycles. The Labute approximate surface area is 607 Å². The van der Waals surface area contributed by atoms with Gasteiger partial charge in [0.1, 0.15) is 66.3 Å². The van der Waals surface area contributed by atoms with Crippen molar-refractivity contribution >= 4 is 23.9 Å². The highest BCUT2D eigenvalue weighted by molar-refractivity contribution is 5.72. The largest absolute Gasteiger partial charge is 0.508 e. The van der Waals surface area contributed by atoms with Crippen LogP contribution >= 0.6 is 0 Å². The van der Waals surface area contributed by atoms with Crippen molar-refractivity contribution in [3.05, 3.63) is 139 Å². The number of hydrogen-bond acceptors (Lipinski definition) is 14. The molecule has 14 nitrogen and oxygen atoms in total. The van der Waals surface area contributed by atoms with Gasteiger partial charge in [0.15, 0.2) is 0 Å². The summed E-state index contributed by atoms with van der Waals surface area (Å²) in [7, 11) is 0. The number of ether oxygens (including phenoxy) is 4. The molecular formula is C87H130O14. The summed E-state index contributed by atoms with van der Waals surface area (Å²) >= 11 is 0. The third-order valence-electron chi connectivity index (χ3n) is 18.5. The Balaban J connectivity index is 0.00000118. The fourth-order valence-corrected chi connectivity index (χ4v) is 12.2. The van der Waals surface area contributed by atoms with Crippen LogP contribution in [0.15, 0.2) is 60.7 Å².